The number of amides is 1. The number of hydrogen-bond acceptors (Lipinski definition) is 9. The molecule has 1 aromatic heterocycles. The summed E-state index contributed by atoms with van der Waals surface area (Å²) in [4.78, 5) is 14.4. The Balaban J connectivity index is 0.000000270. The van der Waals surface area contributed by atoms with Gasteiger partial charge in [0.25, 0.3) is 5.91 Å². The molecule has 0 spiro atoms. The van der Waals surface area contributed by atoms with Crippen molar-refractivity contribution < 1.29 is 39.4 Å². The van der Waals surface area contributed by atoms with Crippen molar-refractivity contribution in [1.29, 1.82) is 0 Å². The van der Waals surface area contributed by atoms with Crippen LogP contribution in [0.3, 0.4) is 0 Å². The summed E-state index contributed by atoms with van der Waals surface area (Å²) in [5, 5.41) is 39.2. The average molecular weight is 608 g/mol. The summed E-state index contributed by atoms with van der Waals surface area (Å²) in [5.74, 6) is -0.291. The van der Waals surface area contributed by atoms with Gasteiger partial charge in [-0.25, -0.2) is 0 Å². The molecule has 44 heavy (non-hydrogen) atoms. The molecule has 4 unspecified atom stereocenters. The lowest BCUT2D eigenvalue weighted by atomic mass is 9.94. The normalized spacial score (nSPS) is 22.5. The highest BCUT2D eigenvalue weighted by Gasteiger charge is 2.36. The first-order chi connectivity index (χ1) is 21.4. The predicted molar refractivity (Wildman–Crippen MR) is 165 cm³/mol. The largest absolute Gasteiger partial charge is 0.492 e. The van der Waals surface area contributed by atoms with E-state index >= 15 is 0 Å². The number of aliphatic hydroxyl groups excluding tert-OH is 4. The lowest BCUT2D eigenvalue weighted by Gasteiger charge is -2.35. The van der Waals surface area contributed by atoms with Gasteiger partial charge in [-0.3, -0.25) is 9.69 Å². The maximum Gasteiger partial charge on any atom is 0.250 e. The Morgan fingerprint density at radius 1 is 0.977 bits per heavy atom. The van der Waals surface area contributed by atoms with Crippen LogP contribution < -0.4 is 10.5 Å². The van der Waals surface area contributed by atoms with Crippen LogP contribution in [0.5, 0.6) is 5.75 Å². The molecule has 11 nitrogen and oxygen atoms in total. The average Bonchev–Trinajstić information content (AvgIpc) is 3.39. The van der Waals surface area contributed by atoms with Crippen molar-refractivity contribution in [2.24, 2.45) is 11.7 Å². The van der Waals surface area contributed by atoms with Gasteiger partial charge >= 0.3 is 0 Å². The highest BCUT2D eigenvalue weighted by Crippen LogP contribution is 2.28. The number of morpholine rings is 1. The number of nitrogens with two attached hydrogens (primary N) is 1. The number of aromatic nitrogens is 1. The summed E-state index contributed by atoms with van der Waals surface area (Å²) in [5.41, 5.74) is 8.29. The molecule has 236 valence electrons. The Morgan fingerprint density at radius 3 is 2.45 bits per heavy atom. The molecule has 4 aromatic rings. The van der Waals surface area contributed by atoms with Crippen LogP contribution in [0, 0.1) is 5.92 Å². The molecule has 6 rings (SSSR count). The van der Waals surface area contributed by atoms with Crippen molar-refractivity contribution in [3.63, 3.8) is 0 Å². The molecule has 3 aromatic carbocycles. The first kappa shape index (κ1) is 31.9. The Hall–Kier alpha value is -3.55. The van der Waals surface area contributed by atoms with Gasteiger partial charge in [-0.2, -0.15) is 0 Å². The molecule has 0 saturated carbocycles. The number of aliphatic hydroxyl groups is 4. The van der Waals surface area contributed by atoms with Crippen LogP contribution in [-0.4, -0.2) is 107 Å². The van der Waals surface area contributed by atoms with E-state index in [-0.39, 0.29) is 19.6 Å². The first-order valence-electron chi connectivity index (χ1n) is 14.9. The Bertz CT molecular complexity index is 1520. The van der Waals surface area contributed by atoms with Crippen LogP contribution in [0.15, 0.2) is 66.9 Å². The molecule has 2 fully saturated rings. The second-order valence-electron chi connectivity index (χ2n) is 11.2. The van der Waals surface area contributed by atoms with Gasteiger partial charge in [0.1, 0.15) is 12.4 Å². The second kappa shape index (κ2) is 15.0. The number of carbonyl (C=O) groups is 1. The number of rotatable bonds is 9. The first-order valence-corrected chi connectivity index (χ1v) is 14.9. The van der Waals surface area contributed by atoms with Crippen molar-refractivity contribution in [3.05, 3.63) is 78.0 Å². The number of fused-ring (bicyclic) bond motifs is 2. The van der Waals surface area contributed by atoms with Gasteiger partial charge in [0.2, 0.25) is 0 Å². The van der Waals surface area contributed by atoms with E-state index in [1.165, 1.54) is 10.8 Å². The van der Waals surface area contributed by atoms with E-state index in [1.54, 1.807) is 0 Å². The maximum atomic E-state index is 12.0. The second-order valence-corrected chi connectivity index (χ2v) is 11.2. The Labute approximate surface area is 256 Å². The van der Waals surface area contributed by atoms with Crippen molar-refractivity contribution in [2.75, 3.05) is 52.7 Å². The number of benzene rings is 3. The smallest absolute Gasteiger partial charge is 0.250 e. The third-order valence-electron chi connectivity index (χ3n) is 8.18. The van der Waals surface area contributed by atoms with Gasteiger partial charge in [-0.15, -0.1) is 0 Å². The third-order valence-corrected chi connectivity index (χ3v) is 8.18. The molecule has 2 saturated heterocycles. The van der Waals surface area contributed by atoms with E-state index in [1.807, 2.05) is 36.5 Å². The number of hydrogen-bond donors (Lipinski definition) is 5. The van der Waals surface area contributed by atoms with Crippen molar-refractivity contribution in [1.82, 2.24) is 9.47 Å². The lowest BCUT2D eigenvalue weighted by molar-refractivity contribution is -0.237. The van der Waals surface area contributed by atoms with Gasteiger partial charge in [-0.05, 0) is 34.5 Å². The van der Waals surface area contributed by atoms with Crippen LogP contribution in [0.4, 0.5) is 0 Å². The van der Waals surface area contributed by atoms with Crippen molar-refractivity contribution in [2.45, 2.75) is 31.5 Å². The van der Waals surface area contributed by atoms with Crippen LogP contribution in [0.1, 0.15) is 22.3 Å². The minimum atomic E-state index is -1.18. The quantitative estimate of drug-likeness (QED) is 0.191. The molecule has 1 amide bonds. The molecule has 3 heterocycles. The SMILES string of the molecule is NC(=O)c1cn(Cc2ccc3ccccc3c2)c2cc(OCCN3CCOCC3)ccc12.OCC1CC(O)C(CO)C(O)O1. The minimum absolute atomic E-state index is 0.230. The van der Waals surface area contributed by atoms with E-state index in [0.29, 0.717) is 18.7 Å². The molecule has 0 bridgehead atoms. The fourth-order valence-electron chi connectivity index (χ4n) is 5.66. The van der Waals surface area contributed by atoms with Crippen LogP contribution in [0.2, 0.25) is 0 Å². The molecule has 2 aliphatic rings. The summed E-state index contributed by atoms with van der Waals surface area (Å²) in [6, 6.07) is 20.6. The molecule has 4 atom stereocenters. The number of nitrogens with zero attached hydrogens (tertiary/aromatic N) is 2. The summed E-state index contributed by atoms with van der Waals surface area (Å²) in [6.45, 7) is 5.02. The predicted octanol–water partition coefficient (Wildman–Crippen LogP) is 1.71. The van der Waals surface area contributed by atoms with Crippen LogP contribution in [0.25, 0.3) is 21.7 Å². The van der Waals surface area contributed by atoms with Gasteiger partial charge in [0, 0.05) is 50.2 Å². The molecule has 2 aliphatic heterocycles. The Kier molecular flexibility index (Phi) is 10.8. The molecular formula is C33H41N3O8. The number of carbonyl (C=O) groups excluding carboxylic acids is 1. The van der Waals surface area contributed by atoms with Gasteiger partial charge in [-0.1, -0.05) is 36.4 Å². The highest BCUT2D eigenvalue weighted by atomic mass is 16.6. The fraction of sp³-hybridized carbons (Fsp3) is 0.424. The molecule has 11 heteroatoms. The topological polar surface area (TPSA) is 160 Å². The maximum absolute atomic E-state index is 12.0. The summed E-state index contributed by atoms with van der Waals surface area (Å²) >= 11 is 0. The zero-order valence-electron chi connectivity index (χ0n) is 24.6. The van der Waals surface area contributed by atoms with Crippen molar-refractivity contribution in [3.8, 4) is 5.75 Å². The summed E-state index contributed by atoms with van der Waals surface area (Å²) < 4.78 is 18.4. The van der Waals surface area contributed by atoms with Crippen LogP contribution >= 0.6 is 0 Å². The van der Waals surface area contributed by atoms with Gasteiger partial charge < -0.3 is 44.9 Å². The summed E-state index contributed by atoms with van der Waals surface area (Å²) in [7, 11) is 0. The third kappa shape index (κ3) is 7.74. The van der Waals surface area contributed by atoms with E-state index in [4.69, 9.17) is 30.2 Å². The molecule has 0 aliphatic carbocycles. The summed E-state index contributed by atoms with van der Waals surface area (Å²) in [6.07, 6.45) is -0.428. The van der Waals surface area contributed by atoms with E-state index in [9.17, 15) is 15.0 Å². The number of primary amides is 1. The van der Waals surface area contributed by atoms with Gasteiger partial charge in [0.05, 0.1) is 55.6 Å². The molecule has 6 N–H and O–H groups in total. The van der Waals surface area contributed by atoms with E-state index in [0.717, 1.165) is 55.1 Å². The molecular weight excluding hydrogens is 566 g/mol. The van der Waals surface area contributed by atoms with E-state index in [2.05, 4.69) is 39.8 Å². The minimum Gasteiger partial charge on any atom is -0.492 e. The Morgan fingerprint density at radius 2 is 1.75 bits per heavy atom. The molecule has 0 radical (unpaired) electrons. The zero-order valence-corrected chi connectivity index (χ0v) is 24.6. The van der Waals surface area contributed by atoms with E-state index < -0.39 is 30.3 Å². The van der Waals surface area contributed by atoms with Gasteiger partial charge in [0.15, 0.2) is 6.29 Å². The fourth-order valence-corrected chi connectivity index (χ4v) is 5.66. The zero-order chi connectivity index (χ0) is 31.1. The monoisotopic (exact) mass is 607 g/mol. The lowest BCUT2D eigenvalue weighted by Crippen LogP contribution is -2.46. The standard InChI is InChI=1S/C26H27N3O3.C7H14O5/c27-26(30)24-18-29(17-19-5-6-20-3-1-2-4-21(20)15-19)25-16-22(7-8-23(24)25)32-14-11-28-9-12-31-13-10-28;8-2-4-1-6(10)5(3-9)7(11)12-4/h1-8,15-16,18H,9-14,17H2,(H2,27,30);4-11H,1-3H2. The number of ether oxygens (including phenoxy) is 3. The van der Waals surface area contributed by atoms with Crippen LogP contribution in [-0.2, 0) is 16.0 Å². The van der Waals surface area contributed by atoms with Crippen molar-refractivity contribution >= 4 is 27.6 Å². The highest BCUT2D eigenvalue weighted by molar-refractivity contribution is 6.06.